The van der Waals surface area contributed by atoms with Crippen LogP contribution in [0.2, 0.25) is 0 Å². The molecule has 0 aliphatic carbocycles. The van der Waals surface area contributed by atoms with Gasteiger partial charge in [-0.1, -0.05) is 0 Å². The molecular formula is C11H14N2O3S2. The molecule has 18 heavy (non-hydrogen) atoms. The predicted molar refractivity (Wildman–Crippen MR) is 69.8 cm³/mol. The molecule has 0 aliphatic rings. The Kier molecular flexibility index (Phi) is 4.18. The van der Waals surface area contributed by atoms with Gasteiger partial charge in [-0.15, -0.1) is 11.3 Å². The van der Waals surface area contributed by atoms with E-state index in [4.69, 9.17) is 10.2 Å². The highest BCUT2D eigenvalue weighted by Gasteiger charge is 2.16. The van der Waals surface area contributed by atoms with E-state index in [9.17, 15) is 8.42 Å². The van der Waals surface area contributed by atoms with Gasteiger partial charge >= 0.3 is 0 Å². The molecule has 7 heteroatoms. The Balaban J connectivity index is 2.05. The van der Waals surface area contributed by atoms with Crippen LogP contribution < -0.4 is 10.5 Å². The highest BCUT2D eigenvalue weighted by molar-refractivity contribution is 7.91. The lowest BCUT2D eigenvalue weighted by atomic mass is 10.3. The van der Waals surface area contributed by atoms with Crippen molar-refractivity contribution in [2.75, 3.05) is 6.54 Å². The minimum atomic E-state index is -3.47. The van der Waals surface area contributed by atoms with Gasteiger partial charge in [0.15, 0.2) is 0 Å². The molecule has 0 saturated carbocycles. The van der Waals surface area contributed by atoms with Crippen molar-refractivity contribution in [2.24, 2.45) is 5.73 Å². The quantitative estimate of drug-likeness (QED) is 0.838. The topological polar surface area (TPSA) is 85.3 Å². The lowest BCUT2D eigenvalue weighted by Gasteiger charge is -2.02. The maximum atomic E-state index is 12.0. The molecule has 2 aromatic rings. The lowest BCUT2D eigenvalue weighted by molar-refractivity contribution is 0.499. The van der Waals surface area contributed by atoms with Gasteiger partial charge in [0.05, 0.1) is 12.8 Å². The van der Waals surface area contributed by atoms with Crippen molar-refractivity contribution in [3.05, 3.63) is 41.2 Å². The van der Waals surface area contributed by atoms with Crippen LogP contribution in [0.25, 0.3) is 0 Å². The van der Waals surface area contributed by atoms with Gasteiger partial charge in [0.2, 0.25) is 10.0 Å². The van der Waals surface area contributed by atoms with Gasteiger partial charge in [0.25, 0.3) is 0 Å². The molecule has 2 rings (SSSR count). The Morgan fingerprint density at radius 1 is 1.33 bits per heavy atom. The van der Waals surface area contributed by atoms with E-state index in [2.05, 4.69) is 4.72 Å². The van der Waals surface area contributed by atoms with Crippen LogP contribution >= 0.6 is 11.3 Å². The van der Waals surface area contributed by atoms with Crippen molar-refractivity contribution < 1.29 is 12.8 Å². The van der Waals surface area contributed by atoms with E-state index in [0.29, 0.717) is 22.9 Å². The maximum Gasteiger partial charge on any atom is 0.250 e. The molecule has 3 N–H and O–H groups in total. The molecule has 0 saturated heterocycles. The predicted octanol–water partition coefficient (Wildman–Crippen LogP) is 1.32. The average Bonchev–Trinajstić information content (AvgIpc) is 2.98. The Morgan fingerprint density at radius 3 is 2.83 bits per heavy atom. The summed E-state index contributed by atoms with van der Waals surface area (Å²) in [6.07, 6.45) is 2.20. The van der Waals surface area contributed by atoms with Gasteiger partial charge in [-0.3, -0.25) is 0 Å². The number of thiophene rings is 1. The Hall–Kier alpha value is -1.15. The molecule has 0 spiro atoms. The van der Waals surface area contributed by atoms with Gasteiger partial charge in [-0.05, 0) is 37.2 Å². The molecular weight excluding hydrogens is 272 g/mol. The third-order valence-electron chi connectivity index (χ3n) is 2.31. The van der Waals surface area contributed by atoms with Crippen LogP contribution in [-0.2, 0) is 23.0 Å². The second kappa shape index (κ2) is 5.66. The molecule has 0 fully saturated rings. The first-order valence-corrected chi connectivity index (χ1v) is 7.72. The molecule has 2 aromatic heterocycles. The SMILES string of the molecule is NCCc1ccc(S(=O)(=O)NCc2ccco2)s1. The summed E-state index contributed by atoms with van der Waals surface area (Å²) in [7, 11) is -3.47. The molecule has 0 atom stereocenters. The summed E-state index contributed by atoms with van der Waals surface area (Å²) in [6.45, 7) is 0.666. The van der Waals surface area contributed by atoms with Crippen molar-refractivity contribution in [1.29, 1.82) is 0 Å². The highest BCUT2D eigenvalue weighted by atomic mass is 32.2. The number of furan rings is 1. The van der Waals surface area contributed by atoms with Crippen LogP contribution in [0.15, 0.2) is 39.2 Å². The molecule has 0 unspecified atom stereocenters. The van der Waals surface area contributed by atoms with Gasteiger partial charge in [-0.25, -0.2) is 13.1 Å². The Bertz CT molecular complexity index is 588. The number of sulfonamides is 1. The number of nitrogens with one attached hydrogen (secondary N) is 1. The van der Waals surface area contributed by atoms with Crippen molar-refractivity contribution in [3.63, 3.8) is 0 Å². The fraction of sp³-hybridized carbons (Fsp3) is 0.273. The first-order chi connectivity index (χ1) is 8.62. The van der Waals surface area contributed by atoms with Crippen molar-refractivity contribution in [3.8, 4) is 0 Å². The third kappa shape index (κ3) is 3.20. The van der Waals surface area contributed by atoms with Crippen LogP contribution in [0.1, 0.15) is 10.6 Å². The van der Waals surface area contributed by atoms with Gasteiger partial charge < -0.3 is 10.2 Å². The standard InChI is InChI=1S/C11H14N2O3S2/c12-6-5-10-3-4-11(17-10)18(14,15)13-8-9-2-1-7-16-9/h1-4,7,13H,5-6,8,12H2. The first kappa shape index (κ1) is 13.3. The molecule has 0 aliphatic heterocycles. The Morgan fingerprint density at radius 2 is 2.17 bits per heavy atom. The van der Waals surface area contributed by atoms with Crippen molar-refractivity contribution in [2.45, 2.75) is 17.2 Å². The second-order valence-corrected chi connectivity index (χ2v) is 6.83. The summed E-state index contributed by atoms with van der Waals surface area (Å²) in [5.41, 5.74) is 5.43. The summed E-state index contributed by atoms with van der Waals surface area (Å²) >= 11 is 1.24. The summed E-state index contributed by atoms with van der Waals surface area (Å²) in [5.74, 6) is 0.581. The maximum absolute atomic E-state index is 12.0. The molecule has 0 radical (unpaired) electrons. The number of hydrogen-bond acceptors (Lipinski definition) is 5. The first-order valence-electron chi connectivity index (χ1n) is 5.42. The fourth-order valence-electron chi connectivity index (χ4n) is 1.43. The largest absolute Gasteiger partial charge is 0.468 e. The molecule has 0 aromatic carbocycles. The van der Waals surface area contributed by atoms with Crippen molar-refractivity contribution >= 4 is 21.4 Å². The minimum absolute atomic E-state index is 0.152. The Labute approximate surface area is 110 Å². The zero-order chi connectivity index (χ0) is 13.0. The van der Waals surface area contributed by atoms with Crippen LogP contribution in [0.3, 0.4) is 0 Å². The number of rotatable bonds is 6. The zero-order valence-electron chi connectivity index (χ0n) is 9.63. The van der Waals surface area contributed by atoms with Gasteiger partial charge in [-0.2, -0.15) is 0 Å². The van der Waals surface area contributed by atoms with Crippen LogP contribution in [0.5, 0.6) is 0 Å². The zero-order valence-corrected chi connectivity index (χ0v) is 11.3. The summed E-state index contributed by atoms with van der Waals surface area (Å²) in [6, 6.07) is 6.82. The van der Waals surface area contributed by atoms with E-state index in [1.54, 1.807) is 24.3 Å². The molecule has 5 nitrogen and oxygen atoms in total. The van der Waals surface area contributed by atoms with E-state index in [0.717, 1.165) is 4.88 Å². The summed E-state index contributed by atoms with van der Waals surface area (Å²) < 4.78 is 31.8. The van der Waals surface area contributed by atoms with E-state index in [1.807, 2.05) is 0 Å². The van der Waals surface area contributed by atoms with E-state index >= 15 is 0 Å². The van der Waals surface area contributed by atoms with E-state index in [-0.39, 0.29) is 6.54 Å². The minimum Gasteiger partial charge on any atom is -0.468 e. The van der Waals surface area contributed by atoms with E-state index in [1.165, 1.54) is 17.6 Å². The lowest BCUT2D eigenvalue weighted by Crippen LogP contribution is -2.22. The van der Waals surface area contributed by atoms with Gasteiger partial charge in [0.1, 0.15) is 9.97 Å². The normalized spacial score (nSPS) is 11.8. The van der Waals surface area contributed by atoms with E-state index < -0.39 is 10.0 Å². The summed E-state index contributed by atoms with van der Waals surface area (Å²) in [4.78, 5) is 0.968. The van der Waals surface area contributed by atoms with Crippen LogP contribution in [-0.4, -0.2) is 15.0 Å². The number of nitrogens with two attached hydrogens (primary N) is 1. The van der Waals surface area contributed by atoms with Crippen molar-refractivity contribution in [1.82, 2.24) is 4.72 Å². The second-order valence-electron chi connectivity index (χ2n) is 3.66. The third-order valence-corrected chi connectivity index (χ3v) is 5.35. The molecule has 0 amide bonds. The molecule has 2 heterocycles. The highest BCUT2D eigenvalue weighted by Crippen LogP contribution is 2.21. The fourth-order valence-corrected chi connectivity index (χ4v) is 3.84. The monoisotopic (exact) mass is 286 g/mol. The molecule has 98 valence electrons. The molecule has 0 bridgehead atoms. The van der Waals surface area contributed by atoms with Crippen LogP contribution in [0.4, 0.5) is 0 Å². The average molecular weight is 286 g/mol. The van der Waals surface area contributed by atoms with Crippen LogP contribution in [0, 0.1) is 0 Å². The van der Waals surface area contributed by atoms with Gasteiger partial charge in [0, 0.05) is 4.88 Å². The summed E-state index contributed by atoms with van der Waals surface area (Å²) in [5, 5.41) is 0. The number of hydrogen-bond donors (Lipinski definition) is 2. The smallest absolute Gasteiger partial charge is 0.250 e.